The van der Waals surface area contributed by atoms with Gasteiger partial charge in [0.15, 0.2) is 11.5 Å². The number of nitrogens with zero attached hydrogens (tertiary/aromatic N) is 1. The molecule has 0 amide bonds. The Labute approximate surface area is 105 Å². The summed E-state index contributed by atoms with van der Waals surface area (Å²) in [6.45, 7) is 2.67. The summed E-state index contributed by atoms with van der Waals surface area (Å²) >= 11 is 0. The zero-order chi connectivity index (χ0) is 12.2. The van der Waals surface area contributed by atoms with Crippen molar-refractivity contribution in [1.29, 1.82) is 0 Å². The van der Waals surface area contributed by atoms with Crippen LogP contribution in [0, 0.1) is 0 Å². The van der Waals surface area contributed by atoms with E-state index in [1.807, 2.05) is 24.4 Å². The van der Waals surface area contributed by atoms with Crippen LogP contribution in [-0.2, 0) is 13.1 Å². The molecule has 0 bridgehead atoms. The van der Waals surface area contributed by atoms with Crippen LogP contribution in [0.1, 0.15) is 11.4 Å². The fourth-order valence-corrected chi connectivity index (χ4v) is 1.98. The molecule has 5 heteroatoms. The zero-order valence-corrected chi connectivity index (χ0v) is 9.98. The normalized spacial score (nSPS) is 13.6. The summed E-state index contributed by atoms with van der Waals surface area (Å²) < 4.78 is 11.2. The van der Waals surface area contributed by atoms with Crippen LogP contribution >= 0.6 is 0 Å². The Morgan fingerprint density at radius 3 is 3.06 bits per heavy atom. The molecule has 2 heterocycles. The van der Waals surface area contributed by atoms with Crippen LogP contribution in [-0.4, -0.2) is 23.2 Å². The van der Waals surface area contributed by atoms with Crippen molar-refractivity contribution in [3.8, 4) is 11.5 Å². The van der Waals surface area contributed by atoms with Gasteiger partial charge in [-0.05, 0) is 6.07 Å². The third kappa shape index (κ3) is 2.31. The van der Waals surface area contributed by atoms with Crippen LogP contribution < -0.4 is 14.8 Å². The van der Waals surface area contributed by atoms with Crippen molar-refractivity contribution in [2.45, 2.75) is 13.1 Å². The fraction of sp³-hybridized carbons (Fsp3) is 0.308. The van der Waals surface area contributed by atoms with Gasteiger partial charge in [0, 0.05) is 24.5 Å². The minimum atomic E-state index is 0.613. The molecule has 5 nitrogen and oxygen atoms in total. The smallest absolute Gasteiger partial charge is 0.165 e. The van der Waals surface area contributed by atoms with Crippen molar-refractivity contribution in [3.63, 3.8) is 0 Å². The average molecular weight is 245 g/mol. The predicted molar refractivity (Wildman–Crippen MR) is 66.6 cm³/mol. The summed E-state index contributed by atoms with van der Waals surface area (Å²) in [5.41, 5.74) is 1.11. The largest absolute Gasteiger partial charge is 0.486 e. The van der Waals surface area contributed by atoms with E-state index in [2.05, 4.69) is 15.3 Å². The van der Waals surface area contributed by atoms with Gasteiger partial charge in [0.2, 0.25) is 0 Å². The van der Waals surface area contributed by atoms with Crippen molar-refractivity contribution < 1.29 is 9.47 Å². The standard InChI is InChI=1S/C13H15N3O2/c1-2-10(8-14-9-12-15-4-5-16-12)13-11(3-1)17-6-7-18-13/h1-5,14H,6-9H2,(H,15,16). The molecule has 1 aromatic carbocycles. The lowest BCUT2D eigenvalue weighted by Gasteiger charge is -2.21. The van der Waals surface area contributed by atoms with Crippen molar-refractivity contribution in [3.05, 3.63) is 42.0 Å². The summed E-state index contributed by atoms with van der Waals surface area (Å²) in [5, 5.41) is 3.32. The average Bonchev–Trinajstić information content (AvgIpc) is 2.92. The van der Waals surface area contributed by atoms with Crippen molar-refractivity contribution in [2.24, 2.45) is 0 Å². The molecule has 0 atom stereocenters. The topological polar surface area (TPSA) is 59.2 Å². The van der Waals surface area contributed by atoms with E-state index in [4.69, 9.17) is 9.47 Å². The fourth-order valence-electron chi connectivity index (χ4n) is 1.98. The Morgan fingerprint density at radius 1 is 1.22 bits per heavy atom. The lowest BCUT2D eigenvalue weighted by molar-refractivity contribution is 0.169. The first-order valence-corrected chi connectivity index (χ1v) is 6.00. The first kappa shape index (κ1) is 11.1. The van der Waals surface area contributed by atoms with Gasteiger partial charge >= 0.3 is 0 Å². The number of ether oxygens (including phenoxy) is 2. The van der Waals surface area contributed by atoms with Gasteiger partial charge in [0.05, 0.1) is 6.54 Å². The first-order chi connectivity index (χ1) is 8.93. The molecule has 0 saturated carbocycles. The van der Waals surface area contributed by atoms with Crippen LogP contribution in [0.4, 0.5) is 0 Å². The number of aromatic amines is 1. The van der Waals surface area contributed by atoms with Crippen LogP contribution in [0.15, 0.2) is 30.6 Å². The quantitative estimate of drug-likeness (QED) is 0.856. The number of para-hydroxylation sites is 1. The number of hydrogen-bond donors (Lipinski definition) is 2. The molecule has 2 aromatic rings. The van der Waals surface area contributed by atoms with Gasteiger partial charge in [-0.15, -0.1) is 0 Å². The molecule has 1 aliphatic rings. The zero-order valence-electron chi connectivity index (χ0n) is 9.98. The molecule has 3 rings (SSSR count). The molecular weight excluding hydrogens is 230 g/mol. The molecule has 0 aliphatic carbocycles. The van der Waals surface area contributed by atoms with Crippen LogP contribution in [0.5, 0.6) is 11.5 Å². The molecule has 18 heavy (non-hydrogen) atoms. The summed E-state index contributed by atoms with van der Waals surface area (Å²) in [7, 11) is 0. The molecule has 1 aliphatic heterocycles. The maximum absolute atomic E-state index is 5.65. The first-order valence-electron chi connectivity index (χ1n) is 6.00. The SMILES string of the molecule is c1cc(CNCc2ncc[nH]2)c2c(c1)OCCO2. The number of hydrogen-bond acceptors (Lipinski definition) is 4. The molecule has 0 unspecified atom stereocenters. The van der Waals surface area contributed by atoms with Crippen LogP contribution in [0.2, 0.25) is 0 Å². The number of H-pyrrole nitrogens is 1. The maximum atomic E-state index is 5.65. The van der Waals surface area contributed by atoms with E-state index < -0.39 is 0 Å². The predicted octanol–water partition coefficient (Wildman–Crippen LogP) is 1.47. The number of aromatic nitrogens is 2. The summed E-state index contributed by atoms with van der Waals surface area (Å²) in [6.07, 6.45) is 3.57. The monoisotopic (exact) mass is 245 g/mol. The Balaban J connectivity index is 1.65. The third-order valence-corrected chi connectivity index (χ3v) is 2.81. The van der Waals surface area contributed by atoms with Gasteiger partial charge in [-0.1, -0.05) is 12.1 Å². The minimum absolute atomic E-state index is 0.613. The van der Waals surface area contributed by atoms with Gasteiger partial charge in [0.1, 0.15) is 19.0 Å². The molecule has 1 aromatic heterocycles. The number of imidazole rings is 1. The second-order valence-corrected chi connectivity index (χ2v) is 4.08. The van der Waals surface area contributed by atoms with Gasteiger partial charge < -0.3 is 19.8 Å². The van der Waals surface area contributed by atoms with E-state index in [9.17, 15) is 0 Å². The lowest BCUT2D eigenvalue weighted by Crippen LogP contribution is -2.19. The van der Waals surface area contributed by atoms with Crippen LogP contribution in [0.3, 0.4) is 0 Å². The van der Waals surface area contributed by atoms with Gasteiger partial charge in [-0.25, -0.2) is 4.98 Å². The van der Waals surface area contributed by atoms with E-state index >= 15 is 0 Å². The lowest BCUT2D eigenvalue weighted by atomic mass is 10.1. The number of fused-ring (bicyclic) bond motifs is 1. The van der Waals surface area contributed by atoms with Gasteiger partial charge in [0.25, 0.3) is 0 Å². The number of rotatable bonds is 4. The molecule has 0 fully saturated rings. The number of nitrogens with one attached hydrogen (secondary N) is 2. The van der Waals surface area contributed by atoms with Crippen molar-refractivity contribution in [1.82, 2.24) is 15.3 Å². The summed E-state index contributed by atoms with van der Waals surface area (Å²) in [4.78, 5) is 7.22. The third-order valence-electron chi connectivity index (χ3n) is 2.81. The van der Waals surface area contributed by atoms with Crippen molar-refractivity contribution >= 4 is 0 Å². The molecule has 0 radical (unpaired) electrons. The van der Waals surface area contributed by atoms with Gasteiger partial charge in [-0.2, -0.15) is 0 Å². The van der Waals surface area contributed by atoms with E-state index in [0.29, 0.717) is 19.8 Å². The highest BCUT2D eigenvalue weighted by molar-refractivity contribution is 5.47. The molecule has 94 valence electrons. The van der Waals surface area contributed by atoms with Gasteiger partial charge in [-0.3, -0.25) is 0 Å². The van der Waals surface area contributed by atoms with Crippen LogP contribution in [0.25, 0.3) is 0 Å². The van der Waals surface area contributed by atoms with E-state index in [-0.39, 0.29) is 0 Å². The Bertz CT molecular complexity index is 511. The Kier molecular flexibility index (Phi) is 3.14. The van der Waals surface area contributed by atoms with E-state index in [0.717, 1.165) is 29.4 Å². The Morgan fingerprint density at radius 2 is 2.17 bits per heavy atom. The second-order valence-electron chi connectivity index (χ2n) is 4.08. The molecule has 0 spiro atoms. The molecule has 2 N–H and O–H groups in total. The number of benzene rings is 1. The van der Waals surface area contributed by atoms with E-state index in [1.54, 1.807) is 6.20 Å². The minimum Gasteiger partial charge on any atom is -0.486 e. The highest BCUT2D eigenvalue weighted by atomic mass is 16.6. The molecule has 0 saturated heterocycles. The highest BCUT2D eigenvalue weighted by Crippen LogP contribution is 2.33. The molecular formula is C13H15N3O2. The summed E-state index contributed by atoms with van der Waals surface area (Å²) in [5.74, 6) is 2.62. The highest BCUT2D eigenvalue weighted by Gasteiger charge is 2.14. The summed E-state index contributed by atoms with van der Waals surface area (Å²) in [6, 6.07) is 5.96. The Hall–Kier alpha value is -2.01. The maximum Gasteiger partial charge on any atom is 0.165 e. The second kappa shape index (κ2) is 5.10. The van der Waals surface area contributed by atoms with Crippen molar-refractivity contribution in [2.75, 3.05) is 13.2 Å². The van der Waals surface area contributed by atoms with E-state index in [1.165, 1.54) is 0 Å².